The van der Waals surface area contributed by atoms with Crippen LogP contribution in [0.25, 0.3) is 0 Å². The molecule has 96 valence electrons. The molecule has 3 nitrogen and oxygen atoms in total. The van der Waals surface area contributed by atoms with Gasteiger partial charge in [0.2, 0.25) is 0 Å². The number of nitriles is 1. The monoisotopic (exact) mass is 244 g/mol. The maximum Gasteiger partial charge on any atom is 0.0948 e. The Bertz CT molecular complexity index is 464. The predicted molar refractivity (Wildman–Crippen MR) is 72.4 cm³/mol. The first kappa shape index (κ1) is 12.9. The van der Waals surface area contributed by atoms with Crippen molar-refractivity contribution < 1.29 is 5.11 Å². The van der Waals surface area contributed by atoms with Gasteiger partial charge >= 0.3 is 0 Å². The second kappa shape index (κ2) is 5.41. The molecular weight excluding hydrogens is 224 g/mol. The van der Waals surface area contributed by atoms with E-state index in [1.165, 1.54) is 11.3 Å². The van der Waals surface area contributed by atoms with Gasteiger partial charge in [0.1, 0.15) is 0 Å². The van der Waals surface area contributed by atoms with Gasteiger partial charge in [0.05, 0.1) is 18.1 Å². The molecule has 0 fully saturated rings. The average molecular weight is 244 g/mol. The summed E-state index contributed by atoms with van der Waals surface area (Å²) in [4.78, 5) is 2.22. The quantitative estimate of drug-likeness (QED) is 0.885. The summed E-state index contributed by atoms with van der Waals surface area (Å²) in [7, 11) is 2.08. The van der Waals surface area contributed by atoms with Gasteiger partial charge in [-0.3, -0.25) is 0 Å². The van der Waals surface area contributed by atoms with E-state index in [-0.39, 0.29) is 5.92 Å². The Morgan fingerprint density at radius 2 is 2.28 bits per heavy atom. The number of fused-ring (bicyclic) bond motifs is 1. The number of likely N-dealkylation sites (N-methyl/N-ethyl adjacent to an activating group) is 1. The minimum absolute atomic E-state index is 0.299. The van der Waals surface area contributed by atoms with Crippen molar-refractivity contribution in [3.8, 4) is 6.07 Å². The summed E-state index contributed by atoms with van der Waals surface area (Å²) in [6.07, 6.45) is 2.03. The van der Waals surface area contributed by atoms with E-state index < -0.39 is 6.10 Å². The molecule has 0 saturated carbocycles. The molecule has 1 aliphatic heterocycles. The van der Waals surface area contributed by atoms with Crippen molar-refractivity contribution in [2.75, 3.05) is 18.5 Å². The third-order valence-corrected chi connectivity index (χ3v) is 3.72. The SMILES string of the molecule is CCCC(C#N)C(O)c1ccc2c(c1)CCN2C. The number of hydrogen-bond donors (Lipinski definition) is 1. The molecule has 2 atom stereocenters. The summed E-state index contributed by atoms with van der Waals surface area (Å²) < 4.78 is 0. The van der Waals surface area contributed by atoms with Gasteiger partial charge < -0.3 is 10.0 Å². The lowest BCUT2D eigenvalue weighted by atomic mass is 9.92. The predicted octanol–water partition coefficient (Wildman–Crippen LogP) is 2.65. The summed E-state index contributed by atoms with van der Waals surface area (Å²) in [6, 6.07) is 8.28. The highest BCUT2D eigenvalue weighted by molar-refractivity contribution is 5.58. The highest BCUT2D eigenvalue weighted by atomic mass is 16.3. The largest absolute Gasteiger partial charge is 0.387 e. The molecule has 1 aromatic carbocycles. The Morgan fingerprint density at radius 1 is 1.50 bits per heavy atom. The molecule has 1 heterocycles. The van der Waals surface area contributed by atoms with E-state index in [0.29, 0.717) is 0 Å². The molecule has 2 unspecified atom stereocenters. The van der Waals surface area contributed by atoms with Crippen LogP contribution in [0.15, 0.2) is 18.2 Å². The Balaban J connectivity index is 2.22. The van der Waals surface area contributed by atoms with Crippen LogP contribution in [0, 0.1) is 17.2 Å². The fourth-order valence-electron chi connectivity index (χ4n) is 2.61. The van der Waals surface area contributed by atoms with E-state index >= 15 is 0 Å². The van der Waals surface area contributed by atoms with Gasteiger partial charge in [-0.25, -0.2) is 0 Å². The number of hydrogen-bond acceptors (Lipinski definition) is 3. The summed E-state index contributed by atoms with van der Waals surface area (Å²) in [5.74, 6) is -0.299. The molecular formula is C15H20N2O. The number of aliphatic hydroxyl groups excluding tert-OH is 1. The third kappa shape index (κ3) is 2.34. The fourth-order valence-corrected chi connectivity index (χ4v) is 2.61. The number of benzene rings is 1. The van der Waals surface area contributed by atoms with Crippen LogP contribution in [0.1, 0.15) is 37.0 Å². The van der Waals surface area contributed by atoms with E-state index in [0.717, 1.165) is 31.4 Å². The van der Waals surface area contributed by atoms with Crippen molar-refractivity contribution in [2.45, 2.75) is 32.3 Å². The van der Waals surface area contributed by atoms with E-state index in [2.05, 4.69) is 30.1 Å². The minimum atomic E-state index is -0.661. The van der Waals surface area contributed by atoms with Crippen LogP contribution in [0.2, 0.25) is 0 Å². The molecule has 0 bridgehead atoms. The van der Waals surface area contributed by atoms with Crippen molar-refractivity contribution in [3.63, 3.8) is 0 Å². The van der Waals surface area contributed by atoms with E-state index in [1.54, 1.807) is 0 Å². The maximum absolute atomic E-state index is 10.3. The second-order valence-electron chi connectivity index (χ2n) is 5.03. The zero-order chi connectivity index (χ0) is 13.1. The molecule has 1 N–H and O–H groups in total. The number of rotatable bonds is 4. The first-order chi connectivity index (χ1) is 8.67. The zero-order valence-electron chi connectivity index (χ0n) is 11.1. The Hall–Kier alpha value is -1.53. The number of anilines is 1. The molecule has 0 radical (unpaired) electrons. The smallest absolute Gasteiger partial charge is 0.0948 e. The highest BCUT2D eigenvalue weighted by Crippen LogP contribution is 2.32. The molecule has 0 aromatic heterocycles. The highest BCUT2D eigenvalue weighted by Gasteiger charge is 2.22. The summed E-state index contributed by atoms with van der Waals surface area (Å²) in [6.45, 7) is 3.07. The molecule has 0 aliphatic carbocycles. The molecule has 0 saturated heterocycles. The molecule has 1 aromatic rings. The maximum atomic E-state index is 10.3. The van der Waals surface area contributed by atoms with Gasteiger partial charge in [0.15, 0.2) is 0 Å². The minimum Gasteiger partial charge on any atom is -0.387 e. The molecule has 0 amide bonds. The fraction of sp³-hybridized carbons (Fsp3) is 0.533. The molecule has 18 heavy (non-hydrogen) atoms. The number of aliphatic hydroxyl groups is 1. The lowest BCUT2D eigenvalue weighted by Gasteiger charge is -2.18. The van der Waals surface area contributed by atoms with Crippen LogP contribution in [0.3, 0.4) is 0 Å². The summed E-state index contributed by atoms with van der Waals surface area (Å²) in [5, 5.41) is 19.4. The molecule has 3 heteroatoms. The van der Waals surface area contributed by atoms with Gasteiger partial charge in [0.25, 0.3) is 0 Å². The topological polar surface area (TPSA) is 47.3 Å². The summed E-state index contributed by atoms with van der Waals surface area (Å²) in [5.41, 5.74) is 3.40. The van der Waals surface area contributed by atoms with Gasteiger partial charge in [-0.05, 0) is 30.0 Å². The number of nitrogens with zero attached hydrogens (tertiary/aromatic N) is 2. The van der Waals surface area contributed by atoms with Gasteiger partial charge in [-0.1, -0.05) is 25.5 Å². The van der Waals surface area contributed by atoms with Crippen LogP contribution < -0.4 is 4.90 Å². The van der Waals surface area contributed by atoms with Crippen molar-refractivity contribution >= 4 is 5.69 Å². The van der Waals surface area contributed by atoms with Gasteiger partial charge in [0, 0.05) is 19.3 Å². The van der Waals surface area contributed by atoms with E-state index in [1.807, 2.05) is 13.0 Å². The second-order valence-corrected chi connectivity index (χ2v) is 5.03. The Kier molecular flexibility index (Phi) is 3.88. The summed E-state index contributed by atoms with van der Waals surface area (Å²) >= 11 is 0. The zero-order valence-corrected chi connectivity index (χ0v) is 11.1. The van der Waals surface area contributed by atoms with Crippen molar-refractivity contribution in [3.05, 3.63) is 29.3 Å². The van der Waals surface area contributed by atoms with Crippen LogP contribution in [0.4, 0.5) is 5.69 Å². The van der Waals surface area contributed by atoms with Crippen LogP contribution in [-0.4, -0.2) is 18.7 Å². The van der Waals surface area contributed by atoms with Crippen molar-refractivity contribution in [2.24, 2.45) is 5.92 Å². The molecule has 0 spiro atoms. The first-order valence-electron chi connectivity index (χ1n) is 6.59. The van der Waals surface area contributed by atoms with E-state index in [4.69, 9.17) is 5.26 Å². The van der Waals surface area contributed by atoms with Gasteiger partial charge in [-0.15, -0.1) is 0 Å². The van der Waals surface area contributed by atoms with Gasteiger partial charge in [-0.2, -0.15) is 5.26 Å². The third-order valence-electron chi connectivity index (χ3n) is 3.72. The van der Waals surface area contributed by atoms with Crippen LogP contribution >= 0.6 is 0 Å². The normalized spacial score (nSPS) is 17.1. The Morgan fingerprint density at radius 3 is 2.94 bits per heavy atom. The van der Waals surface area contributed by atoms with Crippen molar-refractivity contribution in [1.82, 2.24) is 0 Å². The Labute approximate surface area is 109 Å². The van der Waals surface area contributed by atoms with Crippen molar-refractivity contribution in [1.29, 1.82) is 5.26 Å². The molecule has 2 rings (SSSR count). The first-order valence-corrected chi connectivity index (χ1v) is 6.59. The van der Waals surface area contributed by atoms with Crippen LogP contribution in [0.5, 0.6) is 0 Å². The lowest BCUT2D eigenvalue weighted by molar-refractivity contribution is 0.130. The lowest BCUT2D eigenvalue weighted by Crippen LogP contribution is -2.13. The van der Waals surface area contributed by atoms with Crippen LogP contribution in [-0.2, 0) is 6.42 Å². The van der Waals surface area contributed by atoms with E-state index in [9.17, 15) is 5.11 Å². The standard InChI is InChI=1S/C15H20N2O/c1-3-4-13(10-16)15(18)12-5-6-14-11(9-12)7-8-17(14)2/h5-6,9,13,15,18H,3-4,7-8H2,1-2H3. The molecule has 1 aliphatic rings. The average Bonchev–Trinajstić information content (AvgIpc) is 2.76.